The zero-order valence-corrected chi connectivity index (χ0v) is 11.9. The summed E-state index contributed by atoms with van der Waals surface area (Å²) < 4.78 is 0. The molecule has 0 heterocycles. The lowest BCUT2D eigenvalue weighted by Crippen LogP contribution is -2.51. The lowest BCUT2D eigenvalue weighted by Gasteiger charge is -2.45. The van der Waals surface area contributed by atoms with Gasteiger partial charge in [-0.25, -0.2) is 0 Å². The van der Waals surface area contributed by atoms with Crippen molar-refractivity contribution in [1.29, 1.82) is 0 Å². The van der Waals surface area contributed by atoms with Gasteiger partial charge < -0.3 is 11.1 Å². The largest absolute Gasteiger partial charge is 0.378 e. The summed E-state index contributed by atoms with van der Waals surface area (Å²) in [5.41, 5.74) is 9.06. The molecule has 100 valence electrons. The van der Waals surface area contributed by atoms with E-state index in [-0.39, 0.29) is 5.54 Å². The Balaban J connectivity index is 2.18. The van der Waals surface area contributed by atoms with Crippen LogP contribution in [-0.4, -0.2) is 12.1 Å². The highest BCUT2D eigenvalue weighted by atomic mass is 15.0. The van der Waals surface area contributed by atoms with Crippen LogP contribution in [-0.2, 0) is 0 Å². The van der Waals surface area contributed by atoms with Crippen molar-refractivity contribution in [3.8, 4) is 0 Å². The fourth-order valence-electron chi connectivity index (χ4n) is 3.36. The lowest BCUT2D eigenvalue weighted by molar-refractivity contribution is 0.170. The van der Waals surface area contributed by atoms with Crippen LogP contribution < -0.4 is 11.1 Å². The van der Waals surface area contributed by atoms with Gasteiger partial charge in [-0.1, -0.05) is 32.4 Å². The van der Waals surface area contributed by atoms with E-state index in [2.05, 4.69) is 50.4 Å². The van der Waals surface area contributed by atoms with Crippen molar-refractivity contribution in [2.24, 2.45) is 11.1 Å². The number of aryl methyl sites for hydroxylation is 1. The molecule has 2 rings (SSSR count). The molecule has 0 saturated heterocycles. The van der Waals surface area contributed by atoms with Gasteiger partial charge in [-0.2, -0.15) is 0 Å². The van der Waals surface area contributed by atoms with Gasteiger partial charge in [0.25, 0.3) is 0 Å². The Morgan fingerprint density at radius 2 is 2.06 bits per heavy atom. The molecule has 1 aromatic carbocycles. The lowest BCUT2D eigenvalue weighted by atomic mass is 9.68. The Bertz CT molecular complexity index is 411. The minimum Gasteiger partial charge on any atom is -0.378 e. The summed E-state index contributed by atoms with van der Waals surface area (Å²) in [5, 5.41) is 3.72. The van der Waals surface area contributed by atoms with Gasteiger partial charge in [-0.05, 0) is 49.3 Å². The van der Waals surface area contributed by atoms with Crippen molar-refractivity contribution < 1.29 is 0 Å². The molecule has 1 unspecified atom stereocenters. The molecular weight excluding hydrogens is 220 g/mol. The van der Waals surface area contributed by atoms with Crippen molar-refractivity contribution in [2.45, 2.75) is 52.0 Å². The molecule has 1 saturated carbocycles. The van der Waals surface area contributed by atoms with Crippen molar-refractivity contribution in [3.05, 3.63) is 29.8 Å². The minimum atomic E-state index is 0.0789. The molecule has 1 atom stereocenters. The first kappa shape index (κ1) is 13.4. The Morgan fingerprint density at radius 1 is 1.28 bits per heavy atom. The molecule has 0 radical (unpaired) electrons. The maximum absolute atomic E-state index is 6.08. The van der Waals surface area contributed by atoms with Gasteiger partial charge in [0.05, 0.1) is 5.54 Å². The van der Waals surface area contributed by atoms with E-state index in [9.17, 15) is 0 Å². The van der Waals surface area contributed by atoms with Crippen molar-refractivity contribution in [2.75, 3.05) is 11.9 Å². The third-order valence-electron chi connectivity index (χ3n) is 4.14. The second kappa shape index (κ2) is 4.93. The monoisotopic (exact) mass is 246 g/mol. The van der Waals surface area contributed by atoms with E-state index in [1.54, 1.807) is 0 Å². The van der Waals surface area contributed by atoms with E-state index in [0.717, 1.165) is 6.42 Å². The Labute approximate surface area is 111 Å². The molecule has 2 nitrogen and oxygen atoms in total. The maximum atomic E-state index is 6.08. The zero-order chi connectivity index (χ0) is 13.2. The number of hydrogen-bond donors (Lipinski definition) is 2. The summed E-state index contributed by atoms with van der Waals surface area (Å²) in [6.07, 6.45) is 4.92. The molecule has 0 spiro atoms. The van der Waals surface area contributed by atoms with Gasteiger partial charge in [0.1, 0.15) is 0 Å². The first-order valence-electron chi connectivity index (χ1n) is 7.00. The van der Waals surface area contributed by atoms with Crippen LogP contribution in [0.4, 0.5) is 5.69 Å². The highest BCUT2D eigenvalue weighted by molar-refractivity contribution is 5.48. The van der Waals surface area contributed by atoms with Crippen LogP contribution in [0.25, 0.3) is 0 Å². The fourth-order valence-corrected chi connectivity index (χ4v) is 3.36. The van der Waals surface area contributed by atoms with Gasteiger partial charge >= 0.3 is 0 Å². The minimum absolute atomic E-state index is 0.0789. The molecule has 2 heteroatoms. The highest BCUT2D eigenvalue weighted by Crippen LogP contribution is 2.42. The van der Waals surface area contributed by atoms with Crippen molar-refractivity contribution in [1.82, 2.24) is 0 Å². The summed E-state index contributed by atoms with van der Waals surface area (Å²) in [7, 11) is 0. The fraction of sp³-hybridized carbons (Fsp3) is 0.625. The number of rotatable bonds is 3. The predicted molar refractivity (Wildman–Crippen MR) is 78.8 cm³/mol. The summed E-state index contributed by atoms with van der Waals surface area (Å²) in [4.78, 5) is 0. The Kier molecular flexibility index (Phi) is 3.67. The molecule has 0 amide bonds. The molecule has 1 fully saturated rings. The summed E-state index contributed by atoms with van der Waals surface area (Å²) in [6.45, 7) is 7.55. The highest BCUT2D eigenvalue weighted by Gasteiger charge is 2.38. The second-order valence-corrected chi connectivity index (χ2v) is 6.67. The Hall–Kier alpha value is -1.02. The standard InChI is InChI=1S/C16H26N2/c1-13-6-4-7-14(10-13)18-16(12-17)9-5-8-15(2,3)11-16/h4,6-7,10,18H,5,8-9,11-12,17H2,1-3H3. The number of nitrogens with two attached hydrogens (primary N) is 1. The van der Waals surface area contributed by atoms with Gasteiger partial charge in [0.2, 0.25) is 0 Å². The third kappa shape index (κ3) is 3.05. The van der Waals surface area contributed by atoms with Crippen LogP contribution in [0.3, 0.4) is 0 Å². The first-order valence-corrected chi connectivity index (χ1v) is 7.00. The number of nitrogens with one attached hydrogen (secondary N) is 1. The summed E-state index contributed by atoms with van der Waals surface area (Å²) in [5.74, 6) is 0. The van der Waals surface area contributed by atoms with E-state index >= 15 is 0 Å². The number of anilines is 1. The predicted octanol–water partition coefficient (Wildman–Crippen LogP) is 3.70. The third-order valence-corrected chi connectivity index (χ3v) is 4.14. The van der Waals surface area contributed by atoms with Crippen LogP contribution in [0.5, 0.6) is 0 Å². The molecule has 1 aliphatic carbocycles. The smallest absolute Gasteiger partial charge is 0.0500 e. The molecule has 0 bridgehead atoms. The number of benzene rings is 1. The zero-order valence-electron chi connectivity index (χ0n) is 11.9. The van der Waals surface area contributed by atoms with Crippen molar-refractivity contribution >= 4 is 5.69 Å². The van der Waals surface area contributed by atoms with Crippen LogP contribution in [0.15, 0.2) is 24.3 Å². The van der Waals surface area contributed by atoms with Gasteiger partial charge in [0, 0.05) is 12.2 Å². The second-order valence-electron chi connectivity index (χ2n) is 6.67. The van der Waals surface area contributed by atoms with Crippen molar-refractivity contribution in [3.63, 3.8) is 0 Å². The van der Waals surface area contributed by atoms with Gasteiger partial charge in [-0.15, -0.1) is 0 Å². The van der Waals surface area contributed by atoms with Crippen LogP contribution in [0.1, 0.15) is 45.1 Å². The average Bonchev–Trinajstić information content (AvgIpc) is 2.27. The van der Waals surface area contributed by atoms with E-state index in [4.69, 9.17) is 5.73 Å². The van der Waals surface area contributed by atoms with E-state index in [1.165, 1.54) is 30.5 Å². The summed E-state index contributed by atoms with van der Waals surface area (Å²) in [6, 6.07) is 8.59. The number of hydrogen-bond acceptors (Lipinski definition) is 2. The van der Waals surface area contributed by atoms with Crippen LogP contribution in [0, 0.1) is 12.3 Å². The Morgan fingerprint density at radius 3 is 2.67 bits per heavy atom. The average molecular weight is 246 g/mol. The molecule has 1 aromatic rings. The van der Waals surface area contributed by atoms with E-state index < -0.39 is 0 Å². The van der Waals surface area contributed by atoms with Crippen LogP contribution >= 0.6 is 0 Å². The molecule has 0 aliphatic heterocycles. The van der Waals surface area contributed by atoms with E-state index in [1.807, 2.05) is 0 Å². The molecule has 3 N–H and O–H groups in total. The van der Waals surface area contributed by atoms with Gasteiger partial charge in [0.15, 0.2) is 0 Å². The normalized spacial score (nSPS) is 26.9. The van der Waals surface area contributed by atoms with E-state index in [0.29, 0.717) is 12.0 Å². The molecular formula is C16H26N2. The van der Waals surface area contributed by atoms with Gasteiger partial charge in [-0.3, -0.25) is 0 Å². The molecule has 18 heavy (non-hydrogen) atoms. The molecule has 0 aromatic heterocycles. The molecule has 1 aliphatic rings. The SMILES string of the molecule is Cc1cccc(NC2(CN)CCCC(C)(C)C2)c1. The topological polar surface area (TPSA) is 38.0 Å². The van der Waals surface area contributed by atoms with Crippen LogP contribution in [0.2, 0.25) is 0 Å². The summed E-state index contributed by atoms with van der Waals surface area (Å²) >= 11 is 0. The maximum Gasteiger partial charge on any atom is 0.0500 e. The first-order chi connectivity index (χ1) is 8.45. The quantitative estimate of drug-likeness (QED) is 0.853.